The topological polar surface area (TPSA) is 89.6 Å². The number of amidine groups is 1. The van der Waals surface area contributed by atoms with E-state index in [9.17, 15) is 18.0 Å². The molecule has 2 aromatic rings. The Labute approximate surface area is 128 Å². The highest BCUT2D eigenvalue weighted by Gasteiger charge is 2.38. The van der Waals surface area contributed by atoms with Gasteiger partial charge in [-0.25, -0.2) is 0 Å². The molecule has 10 heteroatoms. The van der Waals surface area contributed by atoms with E-state index in [0.717, 1.165) is 0 Å². The van der Waals surface area contributed by atoms with E-state index >= 15 is 0 Å². The molecule has 1 N–H and O–H groups in total. The van der Waals surface area contributed by atoms with Gasteiger partial charge in [0.05, 0.1) is 7.11 Å². The Morgan fingerprint density at radius 3 is 2.48 bits per heavy atom. The van der Waals surface area contributed by atoms with Gasteiger partial charge in [0.25, 0.3) is 5.91 Å². The lowest BCUT2D eigenvalue weighted by molar-refractivity contribution is -0.159. The van der Waals surface area contributed by atoms with E-state index in [4.69, 9.17) is 0 Å². The van der Waals surface area contributed by atoms with Gasteiger partial charge < -0.3 is 4.52 Å². The fraction of sp³-hybridized carbons (Fsp3) is 0.231. The maximum atomic E-state index is 12.4. The van der Waals surface area contributed by atoms with Crippen molar-refractivity contribution in [3.05, 3.63) is 35.7 Å². The number of carbonyl (C=O) groups excluding carboxylic acids is 1. The molecule has 2 rings (SSSR count). The number of amides is 1. The molecule has 0 aliphatic carbocycles. The number of hydrogen-bond acceptors (Lipinski definition) is 5. The van der Waals surface area contributed by atoms with Gasteiger partial charge >= 0.3 is 12.1 Å². The van der Waals surface area contributed by atoms with Crippen LogP contribution in [0.15, 0.2) is 33.8 Å². The molecular weight excluding hydrogens is 317 g/mol. The lowest BCUT2D eigenvalue weighted by Gasteiger charge is -2.01. The average Bonchev–Trinajstić information content (AvgIpc) is 2.97. The van der Waals surface area contributed by atoms with Crippen LogP contribution in [0.3, 0.4) is 0 Å². The second-order valence-corrected chi connectivity index (χ2v) is 4.31. The molecule has 1 aromatic heterocycles. The number of hydrogen-bond donors (Lipinski definition) is 1. The molecule has 0 saturated carbocycles. The highest BCUT2D eigenvalue weighted by molar-refractivity contribution is 6.02. The molecule has 7 nitrogen and oxygen atoms in total. The zero-order valence-corrected chi connectivity index (χ0v) is 12.0. The fourth-order valence-corrected chi connectivity index (χ4v) is 1.61. The average molecular weight is 328 g/mol. The summed E-state index contributed by atoms with van der Waals surface area (Å²) in [6.45, 7) is 1.54. The van der Waals surface area contributed by atoms with Crippen LogP contribution in [0, 0.1) is 0 Å². The van der Waals surface area contributed by atoms with E-state index in [1.165, 1.54) is 38.3 Å². The Balaban J connectivity index is 2.18. The van der Waals surface area contributed by atoms with Gasteiger partial charge in [0, 0.05) is 11.1 Å². The number of benzene rings is 1. The number of nitrogens with one attached hydrogen (secondary N) is 1. The molecule has 0 saturated heterocycles. The zero-order valence-electron chi connectivity index (χ0n) is 12.0. The quantitative estimate of drug-likeness (QED) is 0.529. The van der Waals surface area contributed by atoms with Crippen LogP contribution in [0.1, 0.15) is 23.2 Å². The van der Waals surface area contributed by atoms with Gasteiger partial charge in [-0.15, -0.1) is 0 Å². The zero-order chi connectivity index (χ0) is 17.0. The highest BCUT2D eigenvalue weighted by Crippen LogP contribution is 2.29. The Hall–Kier alpha value is -2.75. The van der Waals surface area contributed by atoms with Gasteiger partial charge in [-0.2, -0.15) is 23.1 Å². The largest absolute Gasteiger partial charge is 0.471 e. The molecule has 0 spiro atoms. The van der Waals surface area contributed by atoms with E-state index in [-0.39, 0.29) is 22.8 Å². The monoisotopic (exact) mass is 328 g/mol. The van der Waals surface area contributed by atoms with Crippen molar-refractivity contribution in [1.82, 2.24) is 15.6 Å². The van der Waals surface area contributed by atoms with Gasteiger partial charge in [0.2, 0.25) is 5.82 Å². The minimum absolute atomic E-state index is 0.225. The third kappa shape index (κ3) is 4.13. The first kappa shape index (κ1) is 16.6. The van der Waals surface area contributed by atoms with Gasteiger partial charge in [-0.3, -0.25) is 15.1 Å². The van der Waals surface area contributed by atoms with Gasteiger partial charge in [-0.05, 0) is 19.1 Å². The lowest BCUT2D eigenvalue weighted by Crippen LogP contribution is -2.19. The maximum Gasteiger partial charge on any atom is 0.471 e. The predicted molar refractivity (Wildman–Crippen MR) is 72.3 cm³/mol. The summed E-state index contributed by atoms with van der Waals surface area (Å²) in [5.41, 5.74) is 2.91. The minimum atomic E-state index is -4.71. The molecule has 1 heterocycles. The Morgan fingerprint density at radius 2 is 1.96 bits per heavy atom. The standard InChI is InChI=1S/C13H11F3N4O3/c1-7(19-22-2)17-11(21)9-5-3-8(4-6-9)10-18-12(23-20-10)13(14,15)16/h3-6H,1-2H3,(H,17,19,21). The molecule has 122 valence electrons. The molecule has 0 bridgehead atoms. The third-order valence-electron chi connectivity index (χ3n) is 2.58. The summed E-state index contributed by atoms with van der Waals surface area (Å²) in [6, 6.07) is 5.58. The van der Waals surface area contributed by atoms with Crippen LogP contribution in [0.25, 0.3) is 11.4 Å². The summed E-state index contributed by atoms with van der Waals surface area (Å²) in [4.78, 5) is 23.4. The normalized spacial score (nSPS) is 12.3. The second kappa shape index (κ2) is 6.57. The first-order valence-corrected chi connectivity index (χ1v) is 6.21. The summed E-state index contributed by atoms with van der Waals surface area (Å²) >= 11 is 0. The van der Waals surface area contributed by atoms with Crippen molar-refractivity contribution < 1.29 is 27.3 Å². The van der Waals surface area contributed by atoms with Crippen molar-refractivity contribution in [3.8, 4) is 11.4 Å². The summed E-state index contributed by atoms with van der Waals surface area (Å²) in [5.74, 6) is -1.94. The van der Waals surface area contributed by atoms with Gasteiger partial charge in [-0.1, -0.05) is 17.3 Å². The van der Waals surface area contributed by atoms with Crippen LogP contribution >= 0.6 is 0 Å². The number of alkyl halides is 3. The van der Waals surface area contributed by atoms with Crippen molar-refractivity contribution in [2.45, 2.75) is 13.1 Å². The fourth-order valence-electron chi connectivity index (χ4n) is 1.61. The summed E-state index contributed by atoms with van der Waals surface area (Å²) in [5, 5.41) is 3.26. The Bertz CT molecular complexity index is 723. The van der Waals surface area contributed by atoms with E-state index in [1.54, 1.807) is 0 Å². The van der Waals surface area contributed by atoms with E-state index in [1.807, 2.05) is 0 Å². The maximum absolute atomic E-state index is 12.4. The number of hydroxylamine groups is 1. The number of carbonyl (C=O) groups is 1. The Kier molecular flexibility index (Phi) is 4.74. The number of aromatic nitrogens is 2. The highest BCUT2D eigenvalue weighted by atomic mass is 19.4. The second-order valence-electron chi connectivity index (χ2n) is 4.31. The summed E-state index contributed by atoms with van der Waals surface area (Å²) < 4.78 is 41.3. The minimum Gasteiger partial charge on any atom is -0.329 e. The lowest BCUT2D eigenvalue weighted by atomic mass is 10.1. The van der Waals surface area contributed by atoms with Crippen LogP contribution in [0.5, 0.6) is 0 Å². The van der Waals surface area contributed by atoms with Crippen molar-refractivity contribution in [2.75, 3.05) is 7.11 Å². The molecule has 1 aromatic carbocycles. The number of aliphatic imine (C=N–C) groups is 1. The molecular formula is C13H11F3N4O3. The molecule has 23 heavy (non-hydrogen) atoms. The third-order valence-corrected chi connectivity index (χ3v) is 2.58. The number of rotatable bonds is 3. The summed E-state index contributed by atoms with van der Waals surface area (Å²) in [6.07, 6.45) is -4.71. The van der Waals surface area contributed by atoms with E-state index in [0.29, 0.717) is 0 Å². The molecule has 0 unspecified atom stereocenters. The number of nitrogens with zero attached hydrogens (tertiary/aromatic N) is 3. The molecule has 0 atom stereocenters. The summed E-state index contributed by atoms with van der Waals surface area (Å²) in [7, 11) is 1.37. The van der Waals surface area contributed by atoms with Crippen molar-refractivity contribution in [3.63, 3.8) is 0 Å². The van der Waals surface area contributed by atoms with Crippen LogP contribution in [0.4, 0.5) is 13.2 Å². The van der Waals surface area contributed by atoms with Crippen molar-refractivity contribution in [1.29, 1.82) is 0 Å². The first-order chi connectivity index (χ1) is 10.8. The molecule has 0 aliphatic rings. The first-order valence-electron chi connectivity index (χ1n) is 6.21. The van der Waals surface area contributed by atoms with Crippen LogP contribution in [-0.2, 0) is 11.0 Å². The van der Waals surface area contributed by atoms with Crippen molar-refractivity contribution in [2.24, 2.45) is 4.99 Å². The van der Waals surface area contributed by atoms with Crippen LogP contribution in [-0.4, -0.2) is 29.0 Å². The predicted octanol–water partition coefficient (Wildman–Crippen LogP) is 2.47. The van der Waals surface area contributed by atoms with Crippen LogP contribution < -0.4 is 5.48 Å². The molecule has 0 radical (unpaired) electrons. The molecule has 1 amide bonds. The van der Waals surface area contributed by atoms with Gasteiger partial charge in [0.1, 0.15) is 5.84 Å². The van der Waals surface area contributed by atoms with E-state index < -0.39 is 18.0 Å². The van der Waals surface area contributed by atoms with Crippen molar-refractivity contribution >= 4 is 11.7 Å². The molecule has 0 fully saturated rings. The number of halogens is 3. The van der Waals surface area contributed by atoms with Gasteiger partial charge in [0.15, 0.2) is 0 Å². The van der Waals surface area contributed by atoms with Crippen LogP contribution in [0.2, 0.25) is 0 Å². The molecule has 0 aliphatic heterocycles. The Morgan fingerprint density at radius 1 is 1.30 bits per heavy atom. The smallest absolute Gasteiger partial charge is 0.329 e. The van der Waals surface area contributed by atoms with E-state index in [2.05, 4.69) is 30.0 Å². The SMILES string of the molecule is CONC(C)=NC(=O)c1ccc(-c2noc(C(F)(F)F)n2)cc1.